The molecule has 0 aliphatic heterocycles. The number of hydrogen-bond donors (Lipinski definition) is 2. The Kier molecular flexibility index (Phi) is 10.7. The normalized spacial score (nSPS) is 12.3. The lowest BCUT2D eigenvalue weighted by Gasteiger charge is -2.27. The predicted molar refractivity (Wildman–Crippen MR) is 169 cm³/mol. The van der Waals surface area contributed by atoms with Crippen molar-refractivity contribution in [3.63, 3.8) is 0 Å². The van der Waals surface area contributed by atoms with Crippen LogP contribution in [0.3, 0.4) is 0 Å². The van der Waals surface area contributed by atoms with Gasteiger partial charge in [-0.1, -0.05) is 37.3 Å². The first-order valence-corrected chi connectivity index (χ1v) is 16.8. The number of fused-ring (bicyclic) bond motifs is 1. The molecule has 0 fully saturated rings. The molecule has 2 aromatic heterocycles. The molecule has 43 heavy (non-hydrogen) atoms. The van der Waals surface area contributed by atoms with E-state index in [0.717, 1.165) is 10.4 Å². The van der Waals surface area contributed by atoms with Gasteiger partial charge in [0.25, 0.3) is 10.0 Å². The molecule has 14 heteroatoms. The fourth-order valence-corrected chi connectivity index (χ4v) is 7.37. The molecule has 2 aromatic carbocycles. The predicted octanol–water partition coefficient (Wildman–Crippen LogP) is 4.81. The van der Waals surface area contributed by atoms with Crippen LogP contribution in [0.25, 0.3) is 10.2 Å². The number of thiazole rings is 2. The summed E-state index contributed by atoms with van der Waals surface area (Å²) in [6, 6.07) is 12.0. The quantitative estimate of drug-likeness (QED) is 0.211. The minimum Gasteiger partial charge on any atom is -0.444 e. The minimum atomic E-state index is -3.94. The van der Waals surface area contributed by atoms with Crippen molar-refractivity contribution in [2.45, 2.75) is 51.2 Å². The molecule has 0 aliphatic carbocycles. The van der Waals surface area contributed by atoms with Crippen LogP contribution in [0.2, 0.25) is 0 Å². The average Bonchev–Trinajstić information content (AvgIpc) is 3.66. The fourth-order valence-electron chi connectivity index (χ4n) is 4.14. The molecule has 0 saturated heterocycles. The number of carbonyl (C=O) groups excluding carboxylic acids is 2. The van der Waals surface area contributed by atoms with Crippen molar-refractivity contribution in [1.29, 1.82) is 0 Å². The Morgan fingerprint density at radius 3 is 2.65 bits per heavy atom. The van der Waals surface area contributed by atoms with E-state index in [2.05, 4.69) is 15.3 Å². The third-order valence-corrected chi connectivity index (χ3v) is 10.1. The number of aryl methyl sites for hydroxylation is 1. The van der Waals surface area contributed by atoms with E-state index < -0.39 is 22.2 Å². The van der Waals surface area contributed by atoms with Crippen LogP contribution < -0.4 is 14.5 Å². The Morgan fingerprint density at radius 1 is 1.16 bits per heavy atom. The summed E-state index contributed by atoms with van der Waals surface area (Å²) in [4.78, 5) is 34.5. The Bertz CT molecular complexity index is 1660. The number of nitrogens with one attached hydrogen (secondary N) is 1. The number of hydrogen-bond acceptors (Lipinski definition) is 10. The zero-order chi connectivity index (χ0) is 31.1. The topological polar surface area (TPSA) is 142 Å². The van der Waals surface area contributed by atoms with E-state index >= 15 is 0 Å². The van der Waals surface area contributed by atoms with E-state index in [0.29, 0.717) is 33.9 Å². The SMILES string of the molecule is CC(=O)N(C)c1nc2ccc(S(=O)(=O)N(CC(C)C)c3cccc(CCC(O)CNC(=O)OCc4cncs4)c3)cc2s1. The van der Waals surface area contributed by atoms with E-state index in [1.165, 1.54) is 44.9 Å². The molecule has 0 spiro atoms. The molecular weight excluding hydrogens is 611 g/mol. The number of aromatic nitrogens is 2. The maximum Gasteiger partial charge on any atom is 0.407 e. The number of benzene rings is 2. The summed E-state index contributed by atoms with van der Waals surface area (Å²) in [7, 11) is -2.31. The average molecular weight is 646 g/mol. The van der Waals surface area contributed by atoms with Gasteiger partial charge in [-0.2, -0.15) is 0 Å². The van der Waals surface area contributed by atoms with Crippen molar-refractivity contribution >= 4 is 65.7 Å². The van der Waals surface area contributed by atoms with Crippen LogP contribution in [0, 0.1) is 5.92 Å². The molecular formula is C29H35N5O6S3. The number of alkyl carbamates (subject to hydrolysis) is 1. The van der Waals surface area contributed by atoms with Crippen LogP contribution in [0.5, 0.6) is 0 Å². The van der Waals surface area contributed by atoms with Gasteiger partial charge < -0.3 is 15.2 Å². The van der Waals surface area contributed by atoms with Crippen LogP contribution in [-0.2, 0) is 32.6 Å². The standard InChI is InChI=1S/C29H35N5O6S3/c1-19(2)16-34(43(38,39)25-10-11-26-27(13-25)42-28(32-26)33(4)20(3)35)22-7-5-6-21(12-22)8-9-23(36)14-31-29(37)40-17-24-15-30-18-41-24/h5-7,10-13,15,18-19,23,36H,8-9,14,16-17H2,1-4H3,(H,31,37). The van der Waals surface area contributed by atoms with Gasteiger partial charge in [-0.05, 0) is 54.7 Å². The van der Waals surface area contributed by atoms with Crippen LogP contribution in [-0.4, -0.2) is 61.7 Å². The van der Waals surface area contributed by atoms with Crippen LogP contribution in [0.4, 0.5) is 15.6 Å². The number of rotatable bonds is 13. The number of anilines is 2. The van der Waals surface area contributed by atoms with Gasteiger partial charge in [0.2, 0.25) is 5.91 Å². The second-order valence-corrected chi connectivity index (χ2v) is 14.3. The first-order valence-electron chi connectivity index (χ1n) is 13.7. The summed E-state index contributed by atoms with van der Waals surface area (Å²) >= 11 is 2.64. The number of ether oxygens (including phenoxy) is 1. The summed E-state index contributed by atoms with van der Waals surface area (Å²) < 4.78 is 35.1. The molecule has 230 valence electrons. The number of aliphatic hydroxyl groups excluding tert-OH is 1. The van der Waals surface area contributed by atoms with E-state index in [4.69, 9.17) is 4.74 Å². The summed E-state index contributed by atoms with van der Waals surface area (Å²) in [5.74, 6) is -0.117. The Hall–Kier alpha value is -3.59. The van der Waals surface area contributed by atoms with E-state index in [9.17, 15) is 23.1 Å². The summed E-state index contributed by atoms with van der Waals surface area (Å²) in [5, 5.41) is 13.5. The lowest BCUT2D eigenvalue weighted by atomic mass is 10.1. The van der Waals surface area contributed by atoms with Crippen LogP contribution in [0.1, 0.15) is 37.6 Å². The summed E-state index contributed by atoms with van der Waals surface area (Å²) in [6.07, 6.45) is 1.02. The second kappa shape index (κ2) is 14.3. The first-order chi connectivity index (χ1) is 20.4. The molecule has 11 nitrogen and oxygen atoms in total. The van der Waals surface area contributed by atoms with Crippen LogP contribution >= 0.6 is 22.7 Å². The number of amides is 2. The van der Waals surface area contributed by atoms with Crippen LogP contribution in [0.15, 0.2) is 59.1 Å². The van der Waals surface area contributed by atoms with Gasteiger partial charge in [-0.25, -0.2) is 18.2 Å². The molecule has 2 heterocycles. The Balaban J connectivity index is 1.44. The van der Waals surface area contributed by atoms with Gasteiger partial charge in [0, 0.05) is 33.3 Å². The highest BCUT2D eigenvalue weighted by Crippen LogP contribution is 2.32. The molecule has 2 amide bonds. The molecule has 4 rings (SSSR count). The van der Waals surface area contributed by atoms with Crippen molar-refractivity contribution in [2.24, 2.45) is 5.92 Å². The van der Waals surface area contributed by atoms with Crippen molar-refractivity contribution in [3.05, 3.63) is 64.6 Å². The Morgan fingerprint density at radius 2 is 1.95 bits per heavy atom. The molecule has 0 aliphatic rings. The van der Waals surface area contributed by atoms with Crippen molar-refractivity contribution in [1.82, 2.24) is 15.3 Å². The zero-order valence-corrected chi connectivity index (χ0v) is 26.8. The molecule has 0 radical (unpaired) electrons. The zero-order valence-electron chi connectivity index (χ0n) is 24.4. The fraction of sp³-hybridized carbons (Fsp3) is 0.379. The number of carbonyl (C=O) groups is 2. The molecule has 2 N–H and O–H groups in total. The highest BCUT2D eigenvalue weighted by atomic mass is 32.2. The molecule has 1 unspecified atom stereocenters. The number of nitrogens with zero attached hydrogens (tertiary/aromatic N) is 4. The van der Waals surface area contributed by atoms with Gasteiger partial charge in [-0.3, -0.25) is 19.0 Å². The largest absolute Gasteiger partial charge is 0.444 e. The summed E-state index contributed by atoms with van der Waals surface area (Å²) in [6.45, 7) is 5.76. The second-order valence-electron chi connectivity index (χ2n) is 10.4. The smallest absolute Gasteiger partial charge is 0.407 e. The van der Waals surface area contributed by atoms with Crippen molar-refractivity contribution in [3.8, 4) is 0 Å². The van der Waals surface area contributed by atoms with E-state index in [1.54, 1.807) is 43.0 Å². The maximum absolute atomic E-state index is 14.0. The third-order valence-electron chi connectivity index (χ3n) is 6.50. The van der Waals surface area contributed by atoms with E-state index in [1.807, 2.05) is 26.0 Å². The van der Waals surface area contributed by atoms with Gasteiger partial charge in [0.05, 0.1) is 37.3 Å². The van der Waals surface area contributed by atoms with Gasteiger partial charge in [0.15, 0.2) is 5.13 Å². The molecule has 1 atom stereocenters. The lowest BCUT2D eigenvalue weighted by Crippen LogP contribution is -2.34. The first kappa shape index (κ1) is 32.3. The summed E-state index contributed by atoms with van der Waals surface area (Å²) in [5.41, 5.74) is 3.64. The number of sulfonamides is 1. The lowest BCUT2D eigenvalue weighted by molar-refractivity contribution is -0.116. The highest BCUT2D eigenvalue weighted by Gasteiger charge is 2.27. The van der Waals surface area contributed by atoms with Gasteiger partial charge in [0.1, 0.15) is 6.61 Å². The monoisotopic (exact) mass is 645 g/mol. The number of aliphatic hydroxyl groups is 1. The van der Waals surface area contributed by atoms with Crippen molar-refractivity contribution in [2.75, 3.05) is 29.3 Å². The third kappa shape index (κ3) is 8.50. The van der Waals surface area contributed by atoms with E-state index in [-0.39, 0.29) is 36.4 Å². The molecule has 0 saturated carbocycles. The molecule has 0 bridgehead atoms. The van der Waals surface area contributed by atoms with Crippen molar-refractivity contribution < 1.29 is 27.9 Å². The van der Waals surface area contributed by atoms with Gasteiger partial charge >= 0.3 is 6.09 Å². The van der Waals surface area contributed by atoms with Gasteiger partial charge in [-0.15, -0.1) is 11.3 Å². The highest BCUT2D eigenvalue weighted by molar-refractivity contribution is 7.92. The Labute approximate surface area is 259 Å². The minimum absolute atomic E-state index is 0.0268. The molecule has 4 aromatic rings. The maximum atomic E-state index is 14.0.